The van der Waals surface area contributed by atoms with Gasteiger partial charge in [0, 0.05) is 31.9 Å². The summed E-state index contributed by atoms with van der Waals surface area (Å²) in [5.74, 6) is 1.27. The number of benzene rings is 2. The maximum Gasteiger partial charge on any atom is 0.243 e. The number of nitrogens with one attached hydrogen (secondary N) is 2. The zero-order chi connectivity index (χ0) is 25.2. The molecule has 0 aromatic heterocycles. The standard InChI is InChI=1S/C27H38N4O2S2/c1-19-7-11-30(12-8-19)26-6-5-24(35(32,33)31-13-9-20(2)10-14-31)18-25(26)29-27(34)28-23-16-21(3)15-22(4)17-23/h5-6,15-20H,7-14H2,1-4H3,(H2,28,29,34). The summed E-state index contributed by atoms with van der Waals surface area (Å²) in [6.07, 6.45) is 4.05. The third kappa shape index (κ3) is 6.35. The minimum absolute atomic E-state index is 0.317. The lowest BCUT2D eigenvalue weighted by Gasteiger charge is -2.34. The topological polar surface area (TPSA) is 64.7 Å². The van der Waals surface area contributed by atoms with Gasteiger partial charge in [-0.2, -0.15) is 4.31 Å². The van der Waals surface area contributed by atoms with E-state index in [0.717, 1.165) is 67.0 Å². The molecule has 2 heterocycles. The van der Waals surface area contributed by atoms with Gasteiger partial charge >= 0.3 is 0 Å². The van der Waals surface area contributed by atoms with Crippen LogP contribution in [0.2, 0.25) is 0 Å². The van der Waals surface area contributed by atoms with E-state index < -0.39 is 10.0 Å². The van der Waals surface area contributed by atoms with Crippen molar-refractivity contribution >= 4 is 44.4 Å². The largest absolute Gasteiger partial charge is 0.370 e. The Labute approximate surface area is 216 Å². The molecule has 0 saturated carbocycles. The number of piperidine rings is 2. The molecular formula is C27H38N4O2S2. The summed E-state index contributed by atoms with van der Waals surface area (Å²) in [7, 11) is -3.56. The van der Waals surface area contributed by atoms with Crippen molar-refractivity contribution < 1.29 is 8.42 Å². The molecular weight excluding hydrogens is 476 g/mol. The van der Waals surface area contributed by atoms with E-state index in [9.17, 15) is 8.42 Å². The van der Waals surface area contributed by atoms with Gasteiger partial charge < -0.3 is 15.5 Å². The molecule has 0 atom stereocenters. The number of hydrogen-bond acceptors (Lipinski definition) is 4. The fourth-order valence-corrected chi connectivity index (χ4v) is 6.73. The van der Waals surface area contributed by atoms with E-state index in [1.54, 1.807) is 16.4 Å². The lowest BCUT2D eigenvalue weighted by Crippen LogP contribution is -2.38. The fourth-order valence-electron chi connectivity index (χ4n) is 5.01. The molecule has 6 nitrogen and oxygen atoms in total. The zero-order valence-electron chi connectivity index (χ0n) is 21.3. The Bertz CT molecular complexity index is 1150. The predicted octanol–water partition coefficient (Wildman–Crippen LogP) is 5.77. The first-order valence-corrected chi connectivity index (χ1v) is 14.5. The van der Waals surface area contributed by atoms with E-state index in [0.29, 0.717) is 34.9 Å². The smallest absolute Gasteiger partial charge is 0.243 e. The van der Waals surface area contributed by atoms with Crippen molar-refractivity contribution in [1.82, 2.24) is 4.31 Å². The second-order valence-electron chi connectivity index (χ2n) is 10.4. The first-order valence-electron chi connectivity index (χ1n) is 12.7. The number of sulfonamides is 1. The van der Waals surface area contributed by atoms with E-state index in [1.165, 1.54) is 0 Å². The highest BCUT2D eigenvalue weighted by molar-refractivity contribution is 7.89. The van der Waals surface area contributed by atoms with Crippen LogP contribution in [0.4, 0.5) is 17.1 Å². The van der Waals surface area contributed by atoms with Gasteiger partial charge in [-0.3, -0.25) is 0 Å². The molecule has 0 bridgehead atoms. The van der Waals surface area contributed by atoms with Gasteiger partial charge in [0.25, 0.3) is 0 Å². The average Bonchev–Trinajstić information content (AvgIpc) is 2.79. The first-order chi connectivity index (χ1) is 16.6. The van der Waals surface area contributed by atoms with Crippen LogP contribution in [-0.4, -0.2) is 44.0 Å². The predicted molar refractivity (Wildman–Crippen MR) is 150 cm³/mol. The van der Waals surface area contributed by atoms with Crippen molar-refractivity contribution in [3.63, 3.8) is 0 Å². The van der Waals surface area contributed by atoms with Crippen molar-refractivity contribution in [2.45, 2.75) is 58.3 Å². The highest BCUT2D eigenvalue weighted by atomic mass is 32.2. The maximum absolute atomic E-state index is 13.5. The van der Waals surface area contributed by atoms with E-state index in [1.807, 2.05) is 18.2 Å². The summed E-state index contributed by atoms with van der Waals surface area (Å²) in [6, 6.07) is 11.7. The summed E-state index contributed by atoms with van der Waals surface area (Å²) >= 11 is 5.66. The van der Waals surface area contributed by atoms with Crippen molar-refractivity contribution in [1.29, 1.82) is 0 Å². The number of rotatable bonds is 5. The normalized spacial score (nSPS) is 18.5. The van der Waals surface area contributed by atoms with Gasteiger partial charge in [-0.1, -0.05) is 19.9 Å². The second-order valence-corrected chi connectivity index (χ2v) is 12.7. The van der Waals surface area contributed by atoms with Gasteiger partial charge in [-0.25, -0.2) is 8.42 Å². The van der Waals surface area contributed by atoms with Crippen LogP contribution in [0, 0.1) is 25.7 Å². The van der Waals surface area contributed by atoms with Crippen LogP contribution in [0.1, 0.15) is 50.7 Å². The Morgan fingerprint density at radius 1 is 0.857 bits per heavy atom. The summed E-state index contributed by atoms with van der Waals surface area (Å²) in [5, 5.41) is 7.05. The molecule has 2 aromatic rings. The summed E-state index contributed by atoms with van der Waals surface area (Å²) in [5.41, 5.74) is 4.95. The maximum atomic E-state index is 13.5. The van der Waals surface area contributed by atoms with E-state index in [-0.39, 0.29) is 0 Å². The third-order valence-corrected chi connectivity index (χ3v) is 9.30. The number of nitrogens with zero attached hydrogens (tertiary/aromatic N) is 2. The lowest BCUT2D eigenvalue weighted by atomic mass is 9.98. The van der Waals surface area contributed by atoms with Gasteiger partial charge in [0.15, 0.2) is 5.11 Å². The van der Waals surface area contributed by atoms with Crippen LogP contribution >= 0.6 is 12.2 Å². The monoisotopic (exact) mass is 514 g/mol. The molecule has 35 heavy (non-hydrogen) atoms. The van der Waals surface area contributed by atoms with Crippen LogP contribution in [0.3, 0.4) is 0 Å². The Kier molecular flexibility index (Phi) is 8.03. The molecule has 0 amide bonds. The quantitative estimate of drug-likeness (QED) is 0.494. The summed E-state index contributed by atoms with van der Waals surface area (Å²) < 4.78 is 28.6. The van der Waals surface area contributed by atoms with Crippen LogP contribution in [0.15, 0.2) is 41.3 Å². The average molecular weight is 515 g/mol. The molecule has 190 valence electrons. The van der Waals surface area contributed by atoms with E-state index >= 15 is 0 Å². The van der Waals surface area contributed by atoms with Crippen LogP contribution in [-0.2, 0) is 10.0 Å². The van der Waals surface area contributed by atoms with Gasteiger partial charge in [-0.15, -0.1) is 0 Å². The molecule has 4 rings (SSSR count). The Morgan fingerprint density at radius 3 is 2.03 bits per heavy atom. The molecule has 2 fully saturated rings. The van der Waals surface area contributed by atoms with Gasteiger partial charge in [0.2, 0.25) is 10.0 Å². The Balaban J connectivity index is 1.62. The van der Waals surface area contributed by atoms with E-state index in [4.69, 9.17) is 12.2 Å². The molecule has 2 saturated heterocycles. The number of thiocarbonyl (C=S) groups is 1. The molecule has 8 heteroatoms. The Morgan fingerprint density at radius 2 is 1.43 bits per heavy atom. The highest BCUT2D eigenvalue weighted by Crippen LogP contribution is 2.34. The number of hydrogen-bond donors (Lipinski definition) is 2. The van der Waals surface area contributed by atoms with Gasteiger partial charge in [-0.05, 0) is 105 Å². The van der Waals surface area contributed by atoms with Gasteiger partial charge in [0.05, 0.1) is 16.3 Å². The first kappa shape index (κ1) is 25.9. The third-order valence-electron chi connectivity index (χ3n) is 7.20. The minimum atomic E-state index is -3.56. The molecule has 2 N–H and O–H groups in total. The van der Waals surface area contributed by atoms with Gasteiger partial charge in [0.1, 0.15) is 0 Å². The zero-order valence-corrected chi connectivity index (χ0v) is 22.9. The van der Waals surface area contributed by atoms with E-state index in [2.05, 4.69) is 49.3 Å². The number of anilines is 3. The Hall–Kier alpha value is -2.16. The van der Waals surface area contributed by atoms with Crippen molar-refractivity contribution in [3.8, 4) is 0 Å². The lowest BCUT2D eigenvalue weighted by molar-refractivity contribution is 0.288. The fraction of sp³-hybridized carbons (Fsp3) is 0.519. The molecule has 2 aliphatic rings. The molecule has 2 aliphatic heterocycles. The van der Waals surface area contributed by atoms with Crippen LogP contribution in [0.5, 0.6) is 0 Å². The molecule has 0 radical (unpaired) electrons. The highest BCUT2D eigenvalue weighted by Gasteiger charge is 2.29. The van der Waals surface area contributed by atoms with Crippen LogP contribution in [0.25, 0.3) is 0 Å². The molecule has 2 aromatic carbocycles. The molecule has 0 spiro atoms. The minimum Gasteiger partial charge on any atom is -0.370 e. The van der Waals surface area contributed by atoms with Crippen molar-refractivity contribution in [3.05, 3.63) is 47.5 Å². The van der Waals surface area contributed by atoms with Crippen LogP contribution < -0.4 is 15.5 Å². The van der Waals surface area contributed by atoms with Crippen molar-refractivity contribution in [2.24, 2.45) is 11.8 Å². The second kappa shape index (κ2) is 10.8. The molecule has 0 aliphatic carbocycles. The summed E-state index contributed by atoms with van der Waals surface area (Å²) in [6.45, 7) is 11.6. The SMILES string of the molecule is Cc1cc(C)cc(NC(=S)Nc2cc(S(=O)(=O)N3CCC(C)CC3)ccc2N2CCC(C)CC2)c1. The summed E-state index contributed by atoms with van der Waals surface area (Å²) in [4.78, 5) is 2.65. The molecule has 0 unspecified atom stereocenters. The number of aryl methyl sites for hydroxylation is 2. The van der Waals surface area contributed by atoms with Crippen molar-refractivity contribution in [2.75, 3.05) is 41.7 Å².